The number of amides is 1. The Labute approximate surface area is 206 Å². The zero-order valence-electron chi connectivity index (χ0n) is 17.8. The van der Waals surface area contributed by atoms with E-state index in [1.807, 2.05) is 0 Å². The molecule has 10 heteroatoms. The summed E-state index contributed by atoms with van der Waals surface area (Å²) in [6.07, 6.45) is 0. The molecule has 5 rings (SSSR count). The van der Waals surface area contributed by atoms with Crippen molar-refractivity contribution in [1.82, 2.24) is 0 Å². The topological polar surface area (TPSA) is 96.9 Å². The number of nitrogens with one attached hydrogen (secondary N) is 2. The number of benzene rings is 3. The summed E-state index contributed by atoms with van der Waals surface area (Å²) in [6, 6.07) is 21.0. The van der Waals surface area contributed by atoms with Gasteiger partial charge in [-0.1, -0.05) is 23.4 Å². The van der Waals surface area contributed by atoms with Crippen molar-refractivity contribution in [3.8, 4) is 11.5 Å². The molecule has 0 saturated carbocycles. The Morgan fingerprint density at radius 3 is 2.18 bits per heavy atom. The lowest BCUT2D eigenvalue weighted by molar-refractivity contribution is 0.102. The van der Waals surface area contributed by atoms with Gasteiger partial charge in [-0.15, -0.1) is 0 Å². The largest absolute Gasteiger partial charge is 0.457 e. The van der Waals surface area contributed by atoms with Crippen molar-refractivity contribution in [3.63, 3.8) is 0 Å². The van der Waals surface area contributed by atoms with Crippen LogP contribution in [-0.4, -0.2) is 42.3 Å². The van der Waals surface area contributed by atoms with E-state index in [0.717, 1.165) is 5.69 Å². The number of rotatable bonds is 5. The highest BCUT2D eigenvalue weighted by Crippen LogP contribution is 2.34. The minimum Gasteiger partial charge on any atom is -0.457 e. The Hall–Kier alpha value is -3.01. The van der Waals surface area contributed by atoms with Gasteiger partial charge in [0.1, 0.15) is 11.5 Å². The number of thioether (sulfide) groups is 1. The summed E-state index contributed by atoms with van der Waals surface area (Å²) in [5.74, 6) is 1.37. The normalized spacial score (nSPS) is 20.3. The molecule has 0 radical (unpaired) electrons. The van der Waals surface area contributed by atoms with Crippen LogP contribution >= 0.6 is 23.4 Å². The molecule has 174 valence electrons. The number of carbonyl (C=O) groups excluding carboxylic acids is 1. The minimum absolute atomic E-state index is 0.0134. The van der Waals surface area contributed by atoms with Gasteiger partial charge < -0.3 is 15.4 Å². The van der Waals surface area contributed by atoms with Crippen LogP contribution in [0.3, 0.4) is 0 Å². The number of ether oxygens (including phenoxy) is 1. The molecule has 1 amide bonds. The average Bonchev–Trinajstić information content (AvgIpc) is 3.29. The molecule has 0 aliphatic carbocycles. The van der Waals surface area contributed by atoms with E-state index in [-0.39, 0.29) is 28.7 Å². The number of nitrogens with zero attached hydrogens (tertiary/aromatic N) is 1. The summed E-state index contributed by atoms with van der Waals surface area (Å²) in [6.45, 7) is 0. The number of carbonyl (C=O) groups is 1. The summed E-state index contributed by atoms with van der Waals surface area (Å²) >= 11 is 7.34. The number of hydrogen-bond acceptors (Lipinski definition) is 7. The second-order valence-electron chi connectivity index (χ2n) is 7.97. The van der Waals surface area contributed by atoms with Crippen LogP contribution in [0.5, 0.6) is 11.5 Å². The number of halogens is 1. The number of fused-ring (bicyclic) bond motifs is 1. The monoisotopic (exact) mass is 513 g/mol. The highest BCUT2D eigenvalue weighted by molar-refractivity contribution is 8.15. The molecule has 7 nitrogen and oxygen atoms in total. The summed E-state index contributed by atoms with van der Waals surface area (Å²) in [5.41, 5.74) is 1.94. The highest BCUT2D eigenvalue weighted by atomic mass is 35.5. The van der Waals surface area contributed by atoms with Gasteiger partial charge in [-0.3, -0.25) is 9.79 Å². The molecule has 2 aliphatic rings. The third-order valence-corrected chi connectivity index (χ3v) is 8.77. The smallest absolute Gasteiger partial charge is 0.255 e. The summed E-state index contributed by atoms with van der Waals surface area (Å²) in [5, 5.41) is 7.41. The zero-order valence-corrected chi connectivity index (χ0v) is 20.2. The second kappa shape index (κ2) is 9.32. The Kier molecular flexibility index (Phi) is 6.24. The van der Waals surface area contributed by atoms with Crippen molar-refractivity contribution in [2.45, 2.75) is 11.3 Å². The van der Waals surface area contributed by atoms with E-state index in [2.05, 4.69) is 15.6 Å². The van der Waals surface area contributed by atoms with Crippen molar-refractivity contribution in [2.75, 3.05) is 22.1 Å². The maximum atomic E-state index is 12.6. The van der Waals surface area contributed by atoms with Gasteiger partial charge in [0.2, 0.25) is 0 Å². The van der Waals surface area contributed by atoms with E-state index in [1.165, 1.54) is 11.8 Å². The highest BCUT2D eigenvalue weighted by Gasteiger charge is 2.42. The summed E-state index contributed by atoms with van der Waals surface area (Å²) in [4.78, 5) is 17.1. The predicted octanol–water partition coefficient (Wildman–Crippen LogP) is 5.06. The molecular formula is C24H20ClN3O4S2. The van der Waals surface area contributed by atoms with Crippen LogP contribution in [0.2, 0.25) is 5.02 Å². The number of hydrogen-bond donors (Lipinski definition) is 2. The van der Waals surface area contributed by atoms with E-state index in [4.69, 9.17) is 16.3 Å². The van der Waals surface area contributed by atoms with Gasteiger partial charge in [0.15, 0.2) is 15.0 Å². The maximum Gasteiger partial charge on any atom is 0.255 e. The van der Waals surface area contributed by atoms with Crippen LogP contribution in [0, 0.1) is 0 Å². The first-order chi connectivity index (χ1) is 16.3. The van der Waals surface area contributed by atoms with Gasteiger partial charge >= 0.3 is 0 Å². The van der Waals surface area contributed by atoms with Crippen molar-refractivity contribution >= 4 is 55.6 Å². The first-order valence-electron chi connectivity index (χ1n) is 10.5. The predicted molar refractivity (Wildman–Crippen MR) is 137 cm³/mol. The fraction of sp³-hybridized carbons (Fsp3) is 0.167. The van der Waals surface area contributed by atoms with Gasteiger partial charge in [0.25, 0.3) is 5.91 Å². The van der Waals surface area contributed by atoms with Crippen LogP contribution in [-0.2, 0) is 9.84 Å². The molecule has 3 aromatic carbocycles. The lowest BCUT2D eigenvalue weighted by Gasteiger charge is -2.10. The van der Waals surface area contributed by atoms with E-state index < -0.39 is 9.84 Å². The SMILES string of the molecule is O=C(Nc1ccc(Oc2ccc(Cl)cc2)cc1)c1ccc(NC2=N[C@@H]3CS(=O)(=O)C[C@H]3S2)cc1. The quantitative estimate of drug-likeness (QED) is 0.494. The summed E-state index contributed by atoms with van der Waals surface area (Å²) in [7, 11) is -2.97. The van der Waals surface area contributed by atoms with Crippen molar-refractivity contribution in [1.29, 1.82) is 0 Å². The lowest BCUT2D eigenvalue weighted by Crippen LogP contribution is -2.13. The minimum atomic E-state index is -2.97. The molecule has 0 unspecified atom stereocenters. The lowest BCUT2D eigenvalue weighted by atomic mass is 10.2. The number of amidine groups is 1. The number of aliphatic imine (C=N–C) groups is 1. The zero-order chi connectivity index (χ0) is 23.7. The van der Waals surface area contributed by atoms with E-state index in [1.54, 1.807) is 72.8 Å². The molecular weight excluding hydrogens is 494 g/mol. The van der Waals surface area contributed by atoms with Crippen LogP contribution in [0.4, 0.5) is 11.4 Å². The van der Waals surface area contributed by atoms with Gasteiger partial charge in [-0.25, -0.2) is 8.42 Å². The third kappa shape index (κ3) is 5.38. The molecule has 0 aromatic heterocycles. The molecule has 1 fully saturated rings. The number of anilines is 2. The van der Waals surface area contributed by atoms with Gasteiger partial charge in [-0.2, -0.15) is 0 Å². The molecule has 2 aliphatic heterocycles. The molecule has 0 spiro atoms. The fourth-order valence-electron chi connectivity index (χ4n) is 3.69. The second-order valence-corrected chi connectivity index (χ2v) is 11.8. The van der Waals surface area contributed by atoms with Crippen molar-refractivity contribution < 1.29 is 17.9 Å². The molecule has 3 aromatic rings. The number of sulfone groups is 1. The molecule has 2 N–H and O–H groups in total. The standard InChI is InChI=1S/C24H20ClN3O4S2/c25-16-3-9-19(10-4-16)32-20-11-7-17(8-12-20)26-23(29)15-1-5-18(6-2-15)27-24-28-21-13-34(30,31)14-22(21)33-24/h1-12,21-22H,13-14H2,(H,26,29)(H,27,28)/t21-,22-/m1/s1. The molecule has 2 heterocycles. The van der Waals surface area contributed by atoms with E-state index in [0.29, 0.717) is 32.9 Å². The van der Waals surface area contributed by atoms with Gasteiger partial charge in [0.05, 0.1) is 17.5 Å². The van der Waals surface area contributed by atoms with E-state index in [9.17, 15) is 13.2 Å². The van der Waals surface area contributed by atoms with E-state index >= 15 is 0 Å². The fourth-order valence-corrected chi connectivity index (χ4v) is 7.49. The molecule has 0 bridgehead atoms. The average molecular weight is 514 g/mol. The van der Waals surface area contributed by atoms with Crippen molar-refractivity contribution in [3.05, 3.63) is 83.4 Å². The van der Waals surface area contributed by atoms with Gasteiger partial charge in [-0.05, 0) is 72.8 Å². The first kappa shape index (κ1) is 22.8. The van der Waals surface area contributed by atoms with Crippen LogP contribution < -0.4 is 15.4 Å². The van der Waals surface area contributed by atoms with Crippen LogP contribution in [0.25, 0.3) is 0 Å². The molecule has 2 atom stereocenters. The Bertz CT molecular complexity index is 1340. The van der Waals surface area contributed by atoms with Crippen LogP contribution in [0.1, 0.15) is 10.4 Å². The Balaban J connectivity index is 1.16. The first-order valence-corrected chi connectivity index (χ1v) is 13.6. The summed E-state index contributed by atoms with van der Waals surface area (Å²) < 4.78 is 29.1. The third-order valence-electron chi connectivity index (χ3n) is 5.38. The maximum absolute atomic E-state index is 12.6. The Morgan fingerprint density at radius 1 is 0.912 bits per heavy atom. The Morgan fingerprint density at radius 2 is 1.53 bits per heavy atom. The molecule has 34 heavy (non-hydrogen) atoms. The van der Waals surface area contributed by atoms with Crippen LogP contribution in [0.15, 0.2) is 77.8 Å². The van der Waals surface area contributed by atoms with Crippen molar-refractivity contribution in [2.24, 2.45) is 4.99 Å². The molecule has 1 saturated heterocycles. The van der Waals surface area contributed by atoms with Gasteiger partial charge in [0, 0.05) is 27.2 Å².